The summed E-state index contributed by atoms with van der Waals surface area (Å²) in [7, 11) is 1.39. The molecule has 5 heteroatoms. The van der Waals surface area contributed by atoms with E-state index in [-0.39, 0.29) is 30.8 Å². The van der Waals surface area contributed by atoms with Gasteiger partial charge >= 0.3 is 5.97 Å². The minimum absolute atomic E-state index is 0.00834. The standard InChI is InChI=1S/C14H23F2NO2/c1-19-13(18)12-6-2-3-8-17(12)10-11-5-4-7-14(15,16)9-11/h11-12H,2-10H2,1H3. The van der Waals surface area contributed by atoms with Gasteiger partial charge in [-0.25, -0.2) is 8.78 Å². The second-order valence-corrected chi connectivity index (χ2v) is 5.85. The quantitative estimate of drug-likeness (QED) is 0.742. The molecule has 0 aromatic carbocycles. The normalized spacial score (nSPS) is 31.9. The van der Waals surface area contributed by atoms with Gasteiger partial charge in [-0.1, -0.05) is 6.42 Å². The van der Waals surface area contributed by atoms with Gasteiger partial charge in [-0.3, -0.25) is 9.69 Å². The van der Waals surface area contributed by atoms with Crippen LogP contribution in [-0.2, 0) is 9.53 Å². The Morgan fingerprint density at radius 1 is 1.32 bits per heavy atom. The van der Waals surface area contributed by atoms with E-state index in [4.69, 9.17) is 4.74 Å². The van der Waals surface area contributed by atoms with Crippen LogP contribution in [0.5, 0.6) is 0 Å². The van der Waals surface area contributed by atoms with Crippen LogP contribution in [0.2, 0.25) is 0 Å². The molecule has 1 aliphatic heterocycles. The molecule has 0 spiro atoms. The number of piperidine rings is 1. The zero-order chi connectivity index (χ0) is 13.9. The van der Waals surface area contributed by atoms with Gasteiger partial charge in [0, 0.05) is 19.4 Å². The molecule has 0 bridgehead atoms. The first kappa shape index (κ1) is 14.7. The molecule has 2 aliphatic rings. The summed E-state index contributed by atoms with van der Waals surface area (Å²) in [5.41, 5.74) is 0. The van der Waals surface area contributed by atoms with Gasteiger partial charge in [0.25, 0.3) is 0 Å². The topological polar surface area (TPSA) is 29.5 Å². The molecule has 2 unspecified atom stereocenters. The van der Waals surface area contributed by atoms with Gasteiger partial charge in [-0.05, 0) is 38.1 Å². The van der Waals surface area contributed by atoms with Gasteiger partial charge < -0.3 is 4.74 Å². The largest absolute Gasteiger partial charge is 0.468 e. The molecule has 2 rings (SSSR count). The lowest BCUT2D eigenvalue weighted by atomic mass is 9.85. The number of alkyl halides is 2. The molecule has 1 heterocycles. The van der Waals surface area contributed by atoms with E-state index < -0.39 is 5.92 Å². The van der Waals surface area contributed by atoms with E-state index in [0.29, 0.717) is 13.0 Å². The number of likely N-dealkylation sites (tertiary alicyclic amines) is 1. The summed E-state index contributed by atoms with van der Waals surface area (Å²) in [4.78, 5) is 13.8. The van der Waals surface area contributed by atoms with Crippen LogP contribution >= 0.6 is 0 Å². The van der Waals surface area contributed by atoms with Gasteiger partial charge in [-0.15, -0.1) is 0 Å². The van der Waals surface area contributed by atoms with Crippen molar-refractivity contribution in [1.29, 1.82) is 0 Å². The first-order chi connectivity index (χ1) is 9.02. The highest BCUT2D eigenvalue weighted by Crippen LogP contribution is 2.37. The molecule has 1 aliphatic carbocycles. The van der Waals surface area contributed by atoms with Crippen LogP contribution < -0.4 is 0 Å². The predicted molar refractivity (Wildman–Crippen MR) is 68.1 cm³/mol. The van der Waals surface area contributed by atoms with Crippen LogP contribution in [0, 0.1) is 5.92 Å². The van der Waals surface area contributed by atoms with Crippen LogP contribution in [0.1, 0.15) is 44.9 Å². The zero-order valence-corrected chi connectivity index (χ0v) is 11.5. The molecular weight excluding hydrogens is 252 g/mol. The number of carbonyl (C=O) groups is 1. The number of methoxy groups -OCH3 is 1. The maximum atomic E-state index is 13.4. The summed E-state index contributed by atoms with van der Waals surface area (Å²) in [6.45, 7) is 1.43. The Hall–Kier alpha value is -0.710. The molecule has 110 valence electrons. The number of nitrogens with zero attached hydrogens (tertiary/aromatic N) is 1. The van der Waals surface area contributed by atoms with Crippen molar-refractivity contribution in [1.82, 2.24) is 4.90 Å². The average molecular weight is 275 g/mol. The van der Waals surface area contributed by atoms with Crippen molar-refractivity contribution in [3.63, 3.8) is 0 Å². The zero-order valence-electron chi connectivity index (χ0n) is 11.5. The first-order valence-electron chi connectivity index (χ1n) is 7.21. The van der Waals surface area contributed by atoms with Crippen LogP contribution in [-0.4, -0.2) is 43.0 Å². The molecular formula is C14H23F2NO2. The number of rotatable bonds is 3. The van der Waals surface area contributed by atoms with Crippen molar-refractivity contribution in [2.45, 2.75) is 56.9 Å². The third kappa shape index (κ3) is 3.88. The minimum atomic E-state index is -2.51. The fourth-order valence-electron chi connectivity index (χ4n) is 3.38. The number of hydrogen-bond acceptors (Lipinski definition) is 3. The van der Waals surface area contributed by atoms with Crippen LogP contribution in [0.4, 0.5) is 8.78 Å². The van der Waals surface area contributed by atoms with Gasteiger partial charge in [0.1, 0.15) is 6.04 Å². The smallest absolute Gasteiger partial charge is 0.323 e. The molecule has 0 N–H and O–H groups in total. The fourth-order valence-corrected chi connectivity index (χ4v) is 3.38. The van der Waals surface area contributed by atoms with E-state index in [1.54, 1.807) is 0 Å². The van der Waals surface area contributed by atoms with Gasteiger partial charge in [0.15, 0.2) is 0 Å². The van der Waals surface area contributed by atoms with E-state index in [0.717, 1.165) is 32.2 Å². The molecule has 0 radical (unpaired) electrons. The number of ether oxygens (including phenoxy) is 1. The van der Waals surface area contributed by atoms with Gasteiger partial charge in [-0.2, -0.15) is 0 Å². The summed E-state index contributed by atoms with van der Waals surface area (Å²) in [5, 5.41) is 0. The second-order valence-electron chi connectivity index (χ2n) is 5.85. The molecule has 0 amide bonds. The third-order valence-electron chi connectivity index (χ3n) is 4.32. The monoisotopic (exact) mass is 275 g/mol. The lowest BCUT2D eigenvalue weighted by Crippen LogP contribution is -2.48. The summed E-state index contributed by atoms with van der Waals surface area (Å²) < 4.78 is 31.7. The molecule has 0 aromatic rings. The molecule has 19 heavy (non-hydrogen) atoms. The Bertz CT molecular complexity index is 323. The average Bonchev–Trinajstić information content (AvgIpc) is 2.37. The molecule has 2 atom stereocenters. The molecule has 2 fully saturated rings. The lowest BCUT2D eigenvalue weighted by molar-refractivity contribution is -0.149. The maximum Gasteiger partial charge on any atom is 0.323 e. The van der Waals surface area contributed by atoms with E-state index in [9.17, 15) is 13.6 Å². The Morgan fingerprint density at radius 3 is 2.79 bits per heavy atom. The molecule has 1 saturated carbocycles. The van der Waals surface area contributed by atoms with Crippen molar-refractivity contribution in [3.8, 4) is 0 Å². The van der Waals surface area contributed by atoms with Gasteiger partial charge in [0.2, 0.25) is 5.92 Å². The second kappa shape index (κ2) is 6.16. The number of halogens is 2. The van der Waals surface area contributed by atoms with Crippen LogP contribution in [0.25, 0.3) is 0 Å². The summed E-state index contributed by atoms with van der Waals surface area (Å²) >= 11 is 0. The Labute approximate surface area is 113 Å². The van der Waals surface area contributed by atoms with Crippen molar-refractivity contribution in [2.75, 3.05) is 20.2 Å². The van der Waals surface area contributed by atoms with E-state index in [1.165, 1.54) is 7.11 Å². The number of esters is 1. The summed E-state index contributed by atoms with van der Waals surface area (Å²) in [5.74, 6) is -2.73. The van der Waals surface area contributed by atoms with E-state index in [2.05, 4.69) is 4.90 Å². The summed E-state index contributed by atoms with van der Waals surface area (Å²) in [6.07, 6.45) is 4.26. The molecule has 0 aromatic heterocycles. The fraction of sp³-hybridized carbons (Fsp3) is 0.929. The van der Waals surface area contributed by atoms with E-state index >= 15 is 0 Å². The third-order valence-corrected chi connectivity index (χ3v) is 4.32. The van der Waals surface area contributed by atoms with Crippen molar-refractivity contribution < 1.29 is 18.3 Å². The maximum absolute atomic E-state index is 13.4. The van der Waals surface area contributed by atoms with Crippen molar-refractivity contribution >= 4 is 5.97 Å². The van der Waals surface area contributed by atoms with Crippen LogP contribution in [0.3, 0.4) is 0 Å². The number of carbonyl (C=O) groups excluding carboxylic acids is 1. The highest BCUT2D eigenvalue weighted by molar-refractivity contribution is 5.75. The lowest BCUT2D eigenvalue weighted by Gasteiger charge is -2.38. The predicted octanol–water partition coefficient (Wildman–Crippen LogP) is 2.84. The minimum Gasteiger partial charge on any atom is -0.468 e. The Morgan fingerprint density at radius 2 is 2.11 bits per heavy atom. The summed E-state index contributed by atoms with van der Waals surface area (Å²) in [6, 6.07) is -0.228. The van der Waals surface area contributed by atoms with Crippen molar-refractivity contribution in [3.05, 3.63) is 0 Å². The molecule has 3 nitrogen and oxygen atoms in total. The van der Waals surface area contributed by atoms with E-state index in [1.807, 2.05) is 0 Å². The van der Waals surface area contributed by atoms with Crippen LogP contribution in [0.15, 0.2) is 0 Å². The Balaban J connectivity index is 1.93. The first-order valence-corrected chi connectivity index (χ1v) is 7.21. The van der Waals surface area contributed by atoms with Gasteiger partial charge in [0.05, 0.1) is 7.11 Å². The molecule has 1 saturated heterocycles. The van der Waals surface area contributed by atoms with Crippen molar-refractivity contribution in [2.24, 2.45) is 5.92 Å². The number of hydrogen-bond donors (Lipinski definition) is 0. The SMILES string of the molecule is COC(=O)C1CCCCN1CC1CCCC(F)(F)C1. The highest BCUT2D eigenvalue weighted by Gasteiger charge is 2.38. The highest BCUT2D eigenvalue weighted by atomic mass is 19.3. The Kier molecular flexibility index (Phi) is 4.76.